The van der Waals surface area contributed by atoms with E-state index in [1.807, 2.05) is 7.05 Å². The molecule has 3 aromatic rings. The summed E-state index contributed by atoms with van der Waals surface area (Å²) in [5.41, 5.74) is 0.898. The van der Waals surface area contributed by atoms with E-state index in [-0.39, 0.29) is 46.7 Å². The first-order valence-electron chi connectivity index (χ1n) is 12.5. The molecular weight excluding hydrogens is 540 g/mol. The van der Waals surface area contributed by atoms with Crippen LogP contribution in [0.2, 0.25) is 0 Å². The summed E-state index contributed by atoms with van der Waals surface area (Å²) >= 11 is 5.13. The van der Waals surface area contributed by atoms with Crippen LogP contribution in [-0.2, 0) is 11.2 Å². The second kappa shape index (κ2) is 13.2. The third-order valence-corrected chi connectivity index (χ3v) is 6.48. The summed E-state index contributed by atoms with van der Waals surface area (Å²) in [5, 5.41) is 7.93. The van der Waals surface area contributed by atoms with Gasteiger partial charge in [0.1, 0.15) is 18.0 Å². The smallest absolute Gasteiger partial charge is 0.323 e. The summed E-state index contributed by atoms with van der Waals surface area (Å²) in [6.07, 6.45) is 3.14. The lowest BCUT2D eigenvalue weighted by molar-refractivity contribution is -0.119. The maximum absolute atomic E-state index is 14.8. The molecule has 1 aliphatic heterocycles. The number of anilines is 2. The van der Waals surface area contributed by atoms with Crippen molar-refractivity contribution < 1.29 is 23.1 Å². The molecular formula is C27H29F2N7O3S. The second-order valence-corrected chi connectivity index (χ2v) is 9.80. The van der Waals surface area contributed by atoms with Crippen molar-refractivity contribution >= 4 is 40.8 Å². The van der Waals surface area contributed by atoms with Crippen molar-refractivity contribution in [3.8, 4) is 11.6 Å². The molecule has 10 nitrogen and oxygen atoms in total. The average molecular weight is 570 g/mol. The molecule has 1 aliphatic rings. The van der Waals surface area contributed by atoms with Crippen LogP contribution in [0, 0.1) is 11.6 Å². The lowest BCUT2D eigenvalue weighted by atomic mass is 10.1. The number of urea groups is 1. The topological polar surface area (TPSA) is 112 Å². The molecule has 1 unspecified atom stereocenters. The molecule has 0 bridgehead atoms. The zero-order valence-corrected chi connectivity index (χ0v) is 22.8. The van der Waals surface area contributed by atoms with Gasteiger partial charge in [-0.05, 0) is 68.5 Å². The number of carbonyl (C=O) groups excluding carboxylic acids is 2. The van der Waals surface area contributed by atoms with E-state index in [0.717, 1.165) is 32.0 Å². The van der Waals surface area contributed by atoms with Crippen LogP contribution >= 0.6 is 12.2 Å². The normalized spacial score (nSPS) is 15.2. The van der Waals surface area contributed by atoms with Gasteiger partial charge in [-0.2, -0.15) is 0 Å². The molecule has 0 radical (unpaired) electrons. The first-order valence-corrected chi connectivity index (χ1v) is 12.9. The predicted molar refractivity (Wildman–Crippen MR) is 150 cm³/mol. The van der Waals surface area contributed by atoms with Crippen molar-refractivity contribution in [2.75, 3.05) is 37.8 Å². The van der Waals surface area contributed by atoms with Crippen LogP contribution in [0.15, 0.2) is 54.9 Å². The molecule has 3 N–H and O–H groups in total. The van der Waals surface area contributed by atoms with Crippen LogP contribution < -0.4 is 20.7 Å². The molecule has 0 spiro atoms. The van der Waals surface area contributed by atoms with E-state index in [1.54, 1.807) is 11.9 Å². The summed E-state index contributed by atoms with van der Waals surface area (Å²) < 4.78 is 33.4. The summed E-state index contributed by atoms with van der Waals surface area (Å²) in [5.74, 6) is -1.38. The largest absolute Gasteiger partial charge is 0.436 e. The van der Waals surface area contributed by atoms with Crippen molar-refractivity contribution in [1.29, 1.82) is 0 Å². The van der Waals surface area contributed by atoms with E-state index in [2.05, 4.69) is 30.8 Å². The number of nitrogens with zero attached hydrogens (tertiary/aromatic N) is 4. The molecule has 40 heavy (non-hydrogen) atoms. The Morgan fingerprint density at radius 3 is 2.62 bits per heavy atom. The Morgan fingerprint density at radius 1 is 1.12 bits per heavy atom. The lowest BCUT2D eigenvalue weighted by Gasteiger charge is -2.35. The van der Waals surface area contributed by atoms with Crippen LogP contribution in [0.4, 0.5) is 25.1 Å². The highest BCUT2D eigenvalue weighted by Gasteiger charge is 2.24. The zero-order valence-electron chi connectivity index (χ0n) is 22.0. The minimum Gasteiger partial charge on any atom is -0.436 e. The highest BCUT2D eigenvalue weighted by molar-refractivity contribution is 7.80. The van der Waals surface area contributed by atoms with Crippen LogP contribution in [0.1, 0.15) is 18.4 Å². The van der Waals surface area contributed by atoms with Crippen molar-refractivity contribution in [3.05, 3.63) is 72.1 Å². The second-order valence-electron chi connectivity index (χ2n) is 9.39. The number of likely N-dealkylation sites (N-methyl/N-ethyl adjacent to an activating group) is 2. The molecule has 1 saturated heterocycles. The molecule has 2 heterocycles. The van der Waals surface area contributed by atoms with Gasteiger partial charge in [0.25, 0.3) is 0 Å². The Balaban J connectivity index is 1.30. The number of hydrogen-bond acceptors (Lipinski definition) is 7. The molecule has 3 amide bonds. The Labute approximate surface area is 235 Å². The van der Waals surface area contributed by atoms with Crippen molar-refractivity contribution in [2.24, 2.45) is 0 Å². The first kappa shape index (κ1) is 28.8. The summed E-state index contributed by atoms with van der Waals surface area (Å²) in [7, 11) is 3.77. The fourth-order valence-corrected chi connectivity index (χ4v) is 4.41. The fourth-order valence-electron chi connectivity index (χ4n) is 4.18. The molecule has 0 aliphatic carbocycles. The predicted octanol–water partition coefficient (Wildman–Crippen LogP) is 4.16. The number of likely N-dealkylation sites (tertiary alicyclic amines) is 1. The Hall–Kier alpha value is -4.23. The minimum atomic E-state index is -0.712. The SMILES string of the molecule is CN1CCCC(N(C)C(=O)Nc2cc(Oc3ccc(NC(=S)NC(=O)Cc4ccc(F)cc4)cc3F)ncn2)C1. The standard InChI is InChI=1S/C27H29F2N7O3S/c1-35-11-3-4-20(15-35)36(2)27(38)33-23-14-25(31-16-30-23)39-22-10-9-19(13-21(22)29)32-26(40)34-24(37)12-17-5-7-18(28)8-6-17/h5-10,13-14,16,20H,3-4,11-12,15H2,1-2H3,(H,30,31,33,38)(H2,32,34,37,40). The Bertz CT molecular complexity index is 1380. The molecule has 210 valence electrons. The van der Waals surface area contributed by atoms with Crippen LogP contribution in [0.5, 0.6) is 11.6 Å². The highest BCUT2D eigenvalue weighted by Crippen LogP contribution is 2.26. The van der Waals surface area contributed by atoms with Gasteiger partial charge in [0, 0.05) is 37.5 Å². The zero-order chi connectivity index (χ0) is 28.6. The van der Waals surface area contributed by atoms with E-state index in [9.17, 15) is 18.4 Å². The molecule has 1 fully saturated rings. The lowest BCUT2D eigenvalue weighted by Crippen LogP contribution is -2.48. The van der Waals surface area contributed by atoms with E-state index < -0.39 is 17.5 Å². The summed E-state index contributed by atoms with van der Waals surface area (Å²) in [6.45, 7) is 1.80. The van der Waals surface area contributed by atoms with Crippen molar-refractivity contribution in [1.82, 2.24) is 25.1 Å². The van der Waals surface area contributed by atoms with Gasteiger partial charge < -0.3 is 25.2 Å². The molecule has 1 atom stereocenters. The van der Waals surface area contributed by atoms with Gasteiger partial charge in [-0.25, -0.2) is 23.5 Å². The number of amides is 3. The van der Waals surface area contributed by atoms with E-state index in [1.165, 1.54) is 48.8 Å². The molecule has 0 saturated carbocycles. The van der Waals surface area contributed by atoms with E-state index >= 15 is 0 Å². The van der Waals surface area contributed by atoms with Gasteiger partial charge in [0.2, 0.25) is 11.8 Å². The molecule has 13 heteroatoms. The van der Waals surface area contributed by atoms with Gasteiger partial charge in [-0.15, -0.1) is 0 Å². The van der Waals surface area contributed by atoms with Gasteiger partial charge in [0.15, 0.2) is 16.7 Å². The molecule has 2 aromatic carbocycles. The fraction of sp³-hybridized carbons (Fsp3) is 0.296. The monoisotopic (exact) mass is 569 g/mol. The van der Waals surface area contributed by atoms with Crippen LogP contribution in [0.3, 0.4) is 0 Å². The third kappa shape index (κ3) is 8.13. The number of benzene rings is 2. The van der Waals surface area contributed by atoms with E-state index in [0.29, 0.717) is 5.56 Å². The van der Waals surface area contributed by atoms with E-state index in [4.69, 9.17) is 17.0 Å². The Kier molecular flexibility index (Phi) is 9.51. The average Bonchev–Trinajstić information content (AvgIpc) is 2.91. The van der Waals surface area contributed by atoms with Gasteiger partial charge in [-0.1, -0.05) is 12.1 Å². The number of thiocarbonyl (C=S) groups is 1. The number of hydrogen-bond donors (Lipinski definition) is 3. The van der Waals surface area contributed by atoms with Gasteiger partial charge >= 0.3 is 6.03 Å². The maximum Gasteiger partial charge on any atom is 0.323 e. The van der Waals surface area contributed by atoms with Crippen LogP contribution in [-0.4, -0.2) is 70.0 Å². The number of ether oxygens (including phenoxy) is 1. The first-order chi connectivity index (χ1) is 19.2. The number of carbonyl (C=O) groups is 2. The highest BCUT2D eigenvalue weighted by atomic mass is 32.1. The Morgan fingerprint density at radius 2 is 1.90 bits per heavy atom. The molecule has 4 rings (SSSR count). The maximum atomic E-state index is 14.8. The van der Waals surface area contributed by atoms with Crippen LogP contribution in [0.25, 0.3) is 0 Å². The number of rotatable bonds is 7. The number of piperidine rings is 1. The quantitative estimate of drug-likeness (QED) is 0.364. The number of nitrogens with one attached hydrogen (secondary N) is 3. The number of aromatic nitrogens is 2. The van der Waals surface area contributed by atoms with Crippen molar-refractivity contribution in [2.45, 2.75) is 25.3 Å². The third-order valence-electron chi connectivity index (χ3n) is 6.28. The summed E-state index contributed by atoms with van der Waals surface area (Å²) in [6, 6.07) is 10.7. The van der Waals surface area contributed by atoms with Crippen molar-refractivity contribution in [3.63, 3.8) is 0 Å². The number of halogens is 2. The molecule has 1 aromatic heterocycles. The summed E-state index contributed by atoms with van der Waals surface area (Å²) in [4.78, 5) is 36.8. The van der Waals surface area contributed by atoms with Gasteiger partial charge in [0.05, 0.1) is 6.42 Å². The minimum absolute atomic E-state index is 0.00116. The van der Waals surface area contributed by atoms with Gasteiger partial charge in [-0.3, -0.25) is 10.1 Å².